The van der Waals surface area contributed by atoms with E-state index in [-0.39, 0.29) is 9.92 Å². The fourth-order valence-electron chi connectivity index (χ4n) is 2.67. The van der Waals surface area contributed by atoms with Gasteiger partial charge in [-0.1, -0.05) is 11.6 Å². The predicted octanol–water partition coefficient (Wildman–Crippen LogP) is 1.68. The molecule has 5 nitrogen and oxygen atoms in total. The molecule has 1 aliphatic carbocycles. The lowest BCUT2D eigenvalue weighted by atomic mass is 10.2. The third-order valence-electron chi connectivity index (χ3n) is 4.02. The number of nitriles is 1. The number of nitrogens with zero attached hydrogens (tertiary/aromatic N) is 3. The number of sulfonamides is 1. The van der Waals surface area contributed by atoms with Gasteiger partial charge in [0.2, 0.25) is 10.0 Å². The smallest absolute Gasteiger partial charge is 0.244 e. The van der Waals surface area contributed by atoms with Gasteiger partial charge in [0.25, 0.3) is 0 Å². The summed E-state index contributed by atoms with van der Waals surface area (Å²) in [5, 5.41) is 8.93. The van der Waals surface area contributed by atoms with Crippen molar-refractivity contribution in [3.8, 4) is 6.07 Å². The molecule has 1 saturated carbocycles. The van der Waals surface area contributed by atoms with E-state index < -0.39 is 10.0 Å². The molecule has 21 heavy (non-hydrogen) atoms. The van der Waals surface area contributed by atoms with E-state index in [0.717, 1.165) is 13.1 Å². The van der Waals surface area contributed by atoms with Gasteiger partial charge in [-0.15, -0.1) is 0 Å². The van der Waals surface area contributed by atoms with Gasteiger partial charge < -0.3 is 0 Å². The Labute approximate surface area is 129 Å². The van der Waals surface area contributed by atoms with Gasteiger partial charge in [0.05, 0.1) is 16.7 Å². The molecule has 0 atom stereocenters. The van der Waals surface area contributed by atoms with Crippen LogP contribution in [0.15, 0.2) is 23.1 Å². The zero-order valence-electron chi connectivity index (χ0n) is 11.5. The van der Waals surface area contributed by atoms with Crippen LogP contribution in [0, 0.1) is 11.3 Å². The zero-order chi connectivity index (χ0) is 15.0. The first-order valence-corrected chi connectivity index (χ1v) is 8.78. The van der Waals surface area contributed by atoms with E-state index in [1.54, 1.807) is 0 Å². The SMILES string of the molecule is N#Cc1ccc(S(=O)(=O)N2CCN(C3CC3)CC2)c(Cl)c1. The number of halogens is 1. The van der Waals surface area contributed by atoms with Crippen LogP contribution < -0.4 is 0 Å². The second kappa shape index (κ2) is 5.58. The molecule has 0 unspecified atom stereocenters. The highest BCUT2D eigenvalue weighted by Crippen LogP contribution is 2.30. The van der Waals surface area contributed by atoms with E-state index in [1.807, 2.05) is 6.07 Å². The van der Waals surface area contributed by atoms with Crippen LogP contribution in [0.4, 0.5) is 0 Å². The molecule has 2 fully saturated rings. The van der Waals surface area contributed by atoms with Gasteiger partial charge in [-0.25, -0.2) is 8.42 Å². The molecule has 1 aromatic rings. The highest BCUT2D eigenvalue weighted by atomic mass is 35.5. The topological polar surface area (TPSA) is 64.4 Å². The van der Waals surface area contributed by atoms with Crippen LogP contribution in [0.1, 0.15) is 18.4 Å². The minimum Gasteiger partial charge on any atom is -0.298 e. The van der Waals surface area contributed by atoms with Crippen molar-refractivity contribution in [2.24, 2.45) is 0 Å². The summed E-state index contributed by atoms with van der Waals surface area (Å²) in [6.45, 7) is 2.54. The molecule has 1 aromatic carbocycles. The summed E-state index contributed by atoms with van der Waals surface area (Å²) in [5.74, 6) is 0. The molecule has 2 aliphatic rings. The van der Waals surface area contributed by atoms with E-state index in [1.165, 1.54) is 35.3 Å². The first kappa shape index (κ1) is 14.8. The van der Waals surface area contributed by atoms with Crippen LogP contribution in [0.3, 0.4) is 0 Å². The van der Waals surface area contributed by atoms with Gasteiger partial charge in [-0.05, 0) is 31.0 Å². The highest BCUT2D eigenvalue weighted by Gasteiger charge is 2.35. The third-order valence-corrected chi connectivity index (χ3v) is 6.40. The molecule has 0 bridgehead atoms. The van der Waals surface area contributed by atoms with E-state index >= 15 is 0 Å². The highest BCUT2D eigenvalue weighted by molar-refractivity contribution is 7.89. The third kappa shape index (κ3) is 2.92. The fourth-order valence-corrected chi connectivity index (χ4v) is 4.61. The van der Waals surface area contributed by atoms with Gasteiger partial charge in [-0.3, -0.25) is 4.90 Å². The molecule has 0 amide bonds. The summed E-state index contributed by atoms with van der Waals surface area (Å²) < 4.78 is 26.8. The first-order chi connectivity index (χ1) is 10.0. The van der Waals surface area contributed by atoms with Gasteiger partial charge in [0.1, 0.15) is 4.90 Å². The Bertz CT molecular complexity index is 687. The summed E-state index contributed by atoms with van der Waals surface area (Å²) in [6.07, 6.45) is 2.46. The summed E-state index contributed by atoms with van der Waals surface area (Å²) in [5.41, 5.74) is 0.359. The van der Waals surface area contributed by atoms with Crippen LogP contribution in [-0.2, 0) is 10.0 Å². The number of hydrogen-bond acceptors (Lipinski definition) is 4. The standard InChI is InChI=1S/C14H16ClN3O2S/c15-13-9-11(10-16)1-4-14(13)21(19,20)18-7-5-17(6-8-18)12-2-3-12/h1,4,9,12H,2-3,5-8H2. The Morgan fingerprint density at radius 3 is 2.38 bits per heavy atom. The number of rotatable bonds is 3. The van der Waals surface area contributed by atoms with E-state index in [2.05, 4.69) is 4.90 Å². The molecule has 0 radical (unpaired) electrons. The maximum Gasteiger partial charge on any atom is 0.244 e. The van der Waals surface area contributed by atoms with Crippen LogP contribution in [0.5, 0.6) is 0 Å². The quantitative estimate of drug-likeness (QED) is 0.848. The summed E-state index contributed by atoms with van der Waals surface area (Å²) in [6, 6.07) is 6.92. The summed E-state index contributed by atoms with van der Waals surface area (Å²) >= 11 is 6.03. The Balaban J connectivity index is 1.79. The zero-order valence-corrected chi connectivity index (χ0v) is 13.1. The van der Waals surface area contributed by atoms with Crippen LogP contribution in [0.25, 0.3) is 0 Å². The van der Waals surface area contributed by atoms with Crippen LogP contribution in [0.2, 0.25) is 5.02 Å². The van der Waals surface area contributed by atoms with Gasteiger partial charge >= 0.3 is 0 Å². The van der Waals surface area contributed by atoms with Gasteiger partial charge in [0.15, 0.2) is 0 Å². The minimum atomic E-state index is -3.58. The lowest BCUT2D eigenvalue weighted by Crippen LogP contribution is -2.49. The summed E-state index contributed by atoms with van der Waals surface area (Å²) in [4.78, 5) is 2.44. The second-order valence-electron chi connectivity index (χ2n) is 5.43. The molecule has 0 aromatic heterocycles. The lowest BCUT2D eigenvalue weighted by Gasteiger charge is -2.34. The van der Waals surface area contributed by atoms with Crippen LogP contribution in [-0.4, -0.2) is 49.8 Å². The molecule has 3 rings (SSSR count). The normalized spacial score (nSPS) is 21.1. The van der Waals surface area contributed by atoms with Gasteiger partial charge in [0, 0.05) is 32.2 Å². The van der Waals surface area contributed by atoms with Crippen molar-refractivity contribution in [3.63, 3.8) is 0 Å². The average Bonchev–Trinajstić information content (AvgIpc) is 3.31. The molecule has 1 heterocycles. The molecule has 1 aliphatic heterocycles. The molecule has 1 saturated heterocycles. The summed E-state index contributed by atoms with van der Waals surface area (Å²) in [7, 11) is -3.58. The van der Waals surface area contributed by atoms with Crippen molar-refractivity contribution in [2.45, 2.75) is 23.8 Å². The van der Waals surface area contributed by atoms with Crippen molar-refractivity contribution in [2.75, 3.05) is 26.2 Å². The fraction of sp³-hybridized carbons (Fsp3) is 0.500. The van der Waals surface area contributed by atoms with Crippen molar-refractivity contribution in [1.82, 2.24) is 9.21 Å². The van der Waals surface area contributed by atoms with Crippen molar-refractivity contribution in [1.29, 1.82) is 5.26 Å². The molecule has 0 N–H and O–H groups in total. The van der Waals surface area contributed by atoms with E-state index in [4.69, 9.17) is 16.9 Å². The molecular formula is C14H16ClN3O2S. The van der Waals surface area contributed by atoms with Crippen molar-refractivity contribution in [3.05, 3.63) is 28.8 Å². The maximum absolute atomic E-state index is 12.6. The molecule has 112 valence electrons. The predicted molar refractivity (Wildman–Crippen MR) is 79.5 cm³/mol. The number of piperazine rings is 1. The number of hydrogen-bond donors (Lipinski definition) is 0. The monoisotopic (exact) mass is 325 g/mol. The van der Waals surface area contributed by atoms with Crippen molar-refractivity contribution < 1.29 is 8.42 Å². The minimum absolute atomic E-state index is 0.0861. The largest absolute Gasteiger partial charge is 0.298 e. The van der Waals surface area contributed by atoms with E-state index in [0.29, 0.717) is 24.7 Å². The lowest BCUT2D eigenvalue weighted by molar-refractivity contribution is 0.180. The average molecular weight is 326 g/mol. The Kier molecular flexibility index (Phi) is 3.93. The van der Waals surface area contributed by atoms with Crippen LogP contribution >= 0.6 is 11.6 Å². The number of benzene rings is 1. The van der Waals surface area contributed by atoms with E-state index in [9.17, 15) is 8.42 Å². The molecule has 0 spiro atoms. The Hall–Kier alpha value is -1.13. The molecular weight excluding hydrogens is 310 g/mol. The maximum atomic E-state index is 12.6. The van der Waals surface area contributed by atoms with Gasteiger partial charge in [-0.2, -0.15) is 9.57 Å². The first-order valence-electron chi connectivity index (χ1n) is 6.96. The van der Waals surface area contributed by atoms with Crippen molar-refractivity contribution >= 4 is 21.6 Å². The second-order valence-corrected chi connectivity index (χ2v) is 7.74. The Morgan fingerprint density at radius 1 is 1.19 bits per heavy atom. The molecule has 7 heteroatoms. The Morgan fingerprint density at radius 2 is 1.86 bits per heavy atom.